The summed E-state index contributed by atoms with van der Waals surface area (Å²) < 4.78 is 41.8. The van der Waals surface area contributed by atoms with E-state index in [9.17, 15) is 22.8 Å². The van der Waals surface area contributed by atoms with E-state index in [0.29, 0.717) is 5.69 Å². The Labute approximate surface area is 163 Å². The number of nitrogens with two attached hydrogens (primary N) is 1. The predicted octanol–water partition coefficient (Wildman–Crippen LogP) is 2.66. The van der Waals surface area contributed by atoms with E-state index in [4.69, 9.17) is 5.73 Å². The Kier molecular flexibility index (Phi) is 5.19. The van der Waals surface area contributed by atoms with Crippen LogP contribution in [-0.2, 0) is 13.2 Å². The number of hydrogen-bond acceptors (Lipinski definition) is 4. The molecule has 0 aliphatic heterocycles. The molecule has 152 valence electrons. The van der Waals surface area contributed by atoms with Crippen molar-refractivity contribution >= 4 is 11.6 Å². The minimum absolute atomic E-state index is 0.0546. The number of nitrogen functional groups attached to an aromatic ring is 1. The summed E-state index contributed by atoms with van der Waals surface area (Å²) in [7, 11) is 1.69. The van der Waals surface area contributed by atoms with E-state index < -0.39 is 23.7 Å². The lowest BCUT2D eigenvalue weighted by molar-refractivity contribution is -0.137. The number of pyridine rings is 1. The minimum Gasteiger partial charge on any atom is -0.399 e. The number of halogens is 3. The van der Waals surface area contributed by atoms with Gasteiger partial charge in [-0.2, -0.15) is 18.3 Å². The minimum atomic E-state index is -4.55. The van der Waals surface area contributed by atoms with E-state index in [-0.39, 0.29) is 22.4 Å². The quantitative estimate of drug-likeness (QED) is 0.653. The number of carbonyl (C=O) groups is 1. The van der Waals surface area contributed by atoms with Crippen molar-refractivity contribution in [3.05, 3.63) is 76.0 Å². The molecule has 0 aliphatic carbocycles. The van der Waals surface area contributed by atoms with E-state index in [1.54, 1.807) is 20.2 Å². The van der Waals surface area contributed by atoms with E-state index >= 15 is 0 Å². The molecule has 2 heterocycles. The first kappa shape index (κ1) is 20.2. The summed E-state index contributed by atoms with van der Waals surface area (Å²) in [6.07, 6.45) is -0.122. The van der Waals surface area contributed by atoms with Gasteiger partial charge in [0, 0.05) is 31.2 Å². The first-order valence-corrected chi connectivity index (χ1v) is 8.55. The second-order valence-electron chi connectivity index (χ2n) is 6.58. The Hall–Kier alpha value is -3.56. The van der Waals surface area contributed by atoms with E-state index in [1.807, 2.05) is 0 Å². The Morgan fingerprint density at radius 3 is 2.55 bits per heavy atom. The topological polar surface area (TPSA) is 94.9 Å². The highest BCUT2D eigenvalue weighted by Gasteiger charge is 2.31. The molecule has 0 saturated heterocycles. The van der Waals surface area contributed by atoms with Gasteiger partial charge < -0.3 is 11.1 Å². The molecule has 1 aromatic carbocycles. The van der Waals surface area contributed by atoms with Crippen LogP contribution in [0.5, 0.6) is 0 Å². The normalized spacial score (nSPS) is 12.6. The first-order chi connectivity index (χ1) is 13.5. The summed E-state index contributed by atoms with van der Waals surface area (Å²) >= 11 is 0. The van der Waals surface area contributed by atoms with E-state index in [1.165, 1.54) is 39.8 Å². The maximum absolute atomic E-state index is 13.0. The van der Waals surface area contributed by atoms with Gasteiger partial charge in [-0.05, 0) is 36.8 Å². The molecule has 3 rings (SSSR count). The van der Waals surface area contributed by atoms with Gasteiger partial charge in [0.05, 0.1) is 29.1 Å². The largest absolute Gasteiger partial charge is 0.416 e. The number of aryl methyl sites for hydroxylation is 1. The number of alkyl halides is 3. The highest BCUT2D eigenvalue weighted by atomic mass is 19.4. The first-order valence-electron chi connectivity index (χ1n) is 8.55. The van der Waals surface area contributed by atoms with Crippen molar-refractivity contribution in [1.82, 2.24) is 19.7 Å². The van der Waals surface area contributed by atoms with Gasteiger partial charge in [0.2, 0.25) is 0 Å². The summed E-state index contributed by atoms with van der Waals surface area (Å²) in [6, 6.07) is 4.98. The van der Waals surface area contributed by atoms with Gasteiger partial charge in [-0.15, -0.1) is 0 Å². The Morgan fingerprint density at radius 1 is 1.21 bits per heavy atom. The van der Waals surface area contributed by atoms with E-state index in [2.05, 4.69) is 10.4 Å². The fourth-order valence-electron chi connectivity index (χ4n) is 2.81. The zero-order valence-electron chi connectivity index (χ0n) is 15.6. The summed E-state index contributed by atoms with van der Waals surface area (Å²) in [5, 5.41) is 6.61. The van der Waals surface area contributed by atoms with Crippen LogP contribution in [0.15, 0.2) is 53.7 Å². The van der Waals surface area contributed by atoms with Gasteiger partial charge in [0.15, 0.2) is 0 Å². The molecule has 7 nitrogen and oxygen atoms in total. The number of anilines is 1. The molecular weight excluding hydrogens is 387 g/mol. The molecule has 2 aromatic heterocycles. The van der Waals surface area contributed by atoms with Crippen LogP contribution in [0, 0.1) is 0 Å². The number of nitrogens with one attached hydrogen (secondary N) is 1. The van der Waals surface area contributed by atoms with Crippen molar-refractivity contribution in [3.63, 3.8) is 0 Å². The molecule has 29 heavy (non-hydrogen) atoms. The van der Waals surface area contributed by atoms with Gasteiger partial charge in [-0.1, -0.05) is 0 Å². The lowest BCUT2D eigenvalue weighted by Crippen LogP contribution is -2.28. The zero-order valence-corrected chi connectivity index (χ0v) is 15.6. The molecule has 1 atom stereocenters. The summed E-state index contributed by atoms with van der Waals surface area (Å²) in [5.74, 6) is -0.550. The van der Waals surface area contributed by atoms with Gasteiger partial charge >= 0.3 is 6.18 Å². The van der Waals surface area contributed by atoms with Crippen LogP contribution in [0.2, 0.25) is 0 Å². The van der Waals surface area contributed by atoms with Crippen LogP contribution < -0.4 is 16.6 Å². The molecule has 0 bridgehead atoms. The van der Waals surface area contributed by atoms with Crippen molar-refractivity contribution in [2.45, 2.75) is 19.1 Å². The number of hydrogen-bond donors (Lipinski definition) is 2. The molecule has 0 saturated carbocycles. The maximum Gasteiger partial charge on any atom is 0.416 e. The number of benzene rings is 1. The van der Waals surface area contributed by atoms with Crippen molar-refractivity contribution in [2.24, 2.45) is 7.05 Å². The number of rotatable bonds is 4. The number of nitrogens with zero attached hydrogens (tertiary/aromatic N) is 3. The van der Waals surface area contributed by atoms with Crippen LogP contribution in [0.4, 0.5) is 18.9 Å². The van der Waals surface area contributed by atoms with E-state index in [0.717, 1.165) is 12.1 Å². The monoisotopic (exact) mass is 405 g/mol. The summed E-state index contributed by atoms with van der Waals surface area (Å²) in [6.45, 7) is 1.55. The fourth-order valence-corrected chi connectivity index (χ4v) is 2.81. The standard InChI is InChI=1S/C19H18F3N5O2/c1-11(13-5-14(19(20,21)22)7-15(23)6-13)25-18(29)12-3-4-17(28)27(9-12)16-8-24-26(2)10-16/h3-11H,23H2,1-2H3,(H,25,29)/t11-/m1/s1. The Morgan fingerprint density at radius 2 is 1.93 bits per heavy atom. The van der Waals surface area contributed by atoms with Crippen molar-refractivity contribution in [2.75, 3.05) is 5.73 Å². The lowest BCUT2D eigenvalue weighted by Gasteiger charge is -2.17. The molecule has 0 unspecified atom stereocenters. The molecule has 0 aliphatic rings. The third kappa shape index (κ3) is 4.48. The van der Waals surface area contributed by atoms with Gasteiger partial charge in [0.1, 0.15) is 0 Å². The summed E-state index contributed by atoms with van der Waals surface area (Å²) in [4.78, 5) is 24.7. The van der Waals surface area contributed by atoms with Crippen molar-refractivity contribution in [3.8, 4) is 5.69 Å². The van der Waals surface area contributed by atoms with Gasteiger partial charge in [-0.25, -0.2) is 0 Å². The predicted molar refractivity (Wildman–Crippen MR) is 101 cm³/mol. The molecule has 0 spiro atoms. The molecule has 3 N–H and O–H groups in total. The lowest BCUT2D eigenvalue weighted by atomic mass is 10.0. The SMILES string of the molecule is C[C@@H](NC(=O)c1ccc(=O)n(-c2cnn(C)c2)c1)c1cc(N)cc(C(F)(F)F)c1. The van der Waals surface area contributed by atoms with Gasteiger partial charge in [0.25, 0.3) is 11.5 Å². The van der Waals surface area contributed by atoms with Crippen LogP contribution in [0.25, 0.3) is 5.69 Å². The maximum atomic E-state index is 13.0. The second kappa shape index (κ2) is 7.46. The Bertz CT molecular complexity index is 1120. The molecule has 0 fully saturated rings. The average molecular weight is 405 g/mol. The van der Waals surface area contributed by atoms with Crippen LogP contribution in [-0.4, -0.2) is 20.3 Å². The Balaban J connectivity index is 1.86. The average Bonchev–Trinajstić information content (AvgIpc) is 3.06. The number of aromatic nitrogens is 3. The molecule has 3 aromatic rings. The van der Waals surface area contributed by atoms with Crippen LogP contribution in [0.3, 0.4) is 0 Å². The smallest absolute Gasteiger partial charge is 0.399 e. The van der Waals surface area contributed by atoms with Crippen LogP contribution >= 0.6 is 0 Å². The highest BCUT2D eigenvalue weighted by molar-refractivity contribution is 5.94. The van der Waals surface area contributed by atoms with Crippen LogP contribution in [0.1, 0.15) is 34.5 Å². The third-order valence-corrected chi connectivity index (χ3v) is 4.30. The molecule has 10 heteroatoms. The third-order valence-electron chi connectivity index (χ3n) is 4.30. The zero-order chi connectivity index (χ0) is 21.3. The molecule has 0 radical (unpaired) electrons. The molecule has 1 amide bonds. The number of amides is 1. The molecular formula is C19H18F3N5O2. The fraction of sp³-hybridized carbons (Fsp3) is 0.211. The highest BCUT2D eigenvalue weighted by Crippen LogP contribution is 2.32. The summed E-state index contributed by atoms with van der Waals surface area (Å²) in [5.41, 5.74) is 5.14. The second-order valence-corrected chi connectivity index (χ2v) is 6.58. The van der Waals surface area contributed by atoms with Crippen molar-refractivity contribution in [1.29, 1.82) is 0 Å². The van der Waals surface area contributed by atoms with Gasteiger partial charge in [-0.3, -0.25) is 18.8 Å². The number of carbonyl (C=O) groups excluding carboxylic acids is 1. The van der Waals surface area contributed by atoms with Crippen molar-refractivity contribution < 1.29 is 18.0 Å².